The summed E-state index contributed by atoms with van der Waals surface area (Å²) in [7, 11) is 0. The molecule has 0 amide bonds. The molecule has 0 radical (unpaired) electrons. The third kappa shape index (κ3) is 4.10. The second-order valence-corrected chi connectivity index (χ2v) is 4.46. The van der Waals surface area contributed by atoms with Crippen molar-refractivity contribution in [2.24, 2.45) is 0 Å². The van der Waals surface area contributed by atoms with Crippen LogP contribution in [0, 0.1) is 0 Å². The van der Waals surface area contributed by atoms with Crippen molar-refractivity contribution in [1.29, 1.82) is 0 Å². The molecule has 1 aliphatic heterocycles. The summed E-state index contributed by atoms with van der Waals surface area (Å²) in [5.41, 5.74) is -0.469. The van der Waals surface area contributed by atoms with Gasteiger partial charge in [-0.15, -0.1) is 0 Å². The van der Waals surface area contributed by atoms with Gasteiger partial charge in [-0.05, 0) is 32.7 Å². The van der Waals surface area contributed by atoms with Gasteiger partial charge in [-0.2, -0.15) is 0 Å². The molecule has 0 bridgehead atoms. The lowest BCUT2D eigenvalue weighted by atomic mass is 10.0. The molecule has 1 atom stereocenters. The lowest BCUT2D eigenvalue weighted by Gasteiger charge is -2.21. The number of rotatable bonds is 7. The second kappa shape index (κ2) is 6.86. The quantitative estimate of drug-likeness (QED) is 0.531. The van der Waals surface area contributed by atoms with E-state index in [1.165, 1.54) is 0 Å². The van der Waals surface area contributed by atoms with Crippen molar-refractivity contribution < 1.29 is 14.3 Å². The first-order valence-corrected chi connectivity index (χ1v) is 6.19. The number of nitrogens with one attached hydrogen (secondary N) is 1. The molecule has 0 saturated carbocycles. The molecule has 1 N–H and O–H groups in total. The summed E-state index contributed by atoms with van der Waals surface area (Å²) in [6, 6.07) is 0. The largest absolute Gasteiger partial charge is 0.462 e. The molecule has 1 unspecified atom stereocenters. The van der Waals surface area contributed by atoms with Crippen LogP contribution in [0.5, 0.6) is 0 Å². The lowest BCUT2D eigenvalue weighted by molar-refractivity contribution is -0.151. The molecule has 1 saturated heterocycles. The van der Waals surface area contributed by atoms with Gasteiger partial charge < -0.3 is 14.8 Å². The highest BCUT2D eigenvalue weighted by molar-refractivity contribution is 5.80. The Bertz CT molecular complexity index is 212. The lowest BCUT2D eigenvalue weighted by Crippen LogP contribution is -2.46. The number of ether oxygens (including phenoxy) is 2. The summed E-state index contributed by atoms with van der Waals surface area (Å²) >= 11 is 0. The van der Waals surface area contributed by atoms with Gasteiger partial charge in [0.25, 0.3) is 0 Å². The van der Waals surface area contributed by atoms with Crippen LogP contribution < -0.4 is 5.32 Å². The molecule has 16 heavy (non-hydrogen) atoms. The Hall–Kier alpha value is -0.610. The highest BCUT2D eigenvalue weighted by Crippen LogP contribution is 2.19. The Balaban J connectivity index is 2.06. The molecule has 4 nitrogen and oxygen atoms in total. The van der Waals surface area contributed by atoms with Crippen molar-refractivity contribution in [2.75, 3.05) is 26.4 Å². The van der Waals surface area contributed by atoms with Crippen LogP contribution in [-0.4, -0.2) is 37.9 Å². The Morgan fingerprint density at radius 3 is 2.81 bits per heavy atom. The zero-order chi connectivity index (χ0) is 11.9. The van der Waals surface area contributed by atoms with E-state index in [4.69, 9.17) is 9.47 Å². The topological polar surface area (TPSA) is 47.6 Å². The number of carbonyl (C=O) groups is 1. The second-order valence-electron chi connectivity index (χ2n) is 4.46. The maximum atomic E-state index is 11.7. The van der Waals surface area contributed by atoms with E-state index in [2.05, 4.69) is 12.2 Å². The van der Waals surface area contributed by atoms with Crippen molar-refractivity contribution >= 4 is 5.97 Å². The summed E-state index contributed by atoms with van der Waals surface area (Å²) in [5.74, 6) is -0.149. The first kappa shape index (κ1) is 13.5. The van der Waals surface area contributed by atoms with Gasteiger partial charge in [0.2, 0.25) is 0 Å². The van der Waals surface area contributed by atoms with Crippen LogP contribution >= 0.6 is 0 Å². The van der Waals surface area contributed by atoms with Crippen molar-refractivity contribution in [3.05, 3.63) is 0 Å². The SMILES string of the molecule is CCCCOCCOC(=O)C1(C)CCCN1. The van der Waals surface area contributed by atoms with Crippen molar-refractivity contribution in [3.63, 3.8) is 0 Å². The predicted octanol–water partition coefficient (Wildman–Crippen LogP) is 1.49. The third-order valence-electron chi connectivity index (χ3n) is 2.92. The molecule has 4 heteroatoms. The van der Waals surface area contributed by atoms with Gasteiger partial charge in [-0.1, -0.05) is 13.3 Å². The van der Waals surface area contributed by atoms with Gasteiger partial charge in [0.05, 0.1) is 6.61 Å². The summed E-state index contributed by atoms with van der Waals surface area (Å²) in [4.78, 5) is 11.7. The average molecular weight is 229 g/mol. The first-order chi connectivity index (χ1) is 7.69. The molecule has 1 rings (SSSR count). The molecule has 94 valence electrons. The average Bonchev–Trinajstić information content (AvgIpc) is 2.71. The minimum absolute atomic E-state index is 0.149. The highest BCUT2D eigenvalue weighted by atomic mass is 16.6. The van der Waals surface area contributed by atoms with E-state index in [1.54, 1.807) is 0 Å². The van der Waals surface area contributed by atoms with Crippen LogP contribution in [0.4, 0.5) is 0 Å². The smallest absolute Gasteiger partial charge is 0.326 e. The van der Waals surface area contributed by atoms with Crippen LogP contribution in [0.3, 0.4) is 0 Å². The third-order valence-corrected chi connectivity index (χ3v) is 2.92. The van der Waals surface area contributed by atoms with Crippen LogP contribution in [-0.2, 0) is 14.3 Å². The summed E-state index contributed by atoms with van der Waals surface area (Å²) in [5, 5.41) is 3.18. The van der Waals surface area contributed by atoms with Crippen LogP contribution in [0.25, 0.3) is 0 Å². The number of carbonyl (C=O) groups excluding carboxylic acids is 1. The number of unbranched alkanes of at least 4 members (excludes halogenated alkanes) is 1. The van der Waals surface area contributed by atoms with E-state index in [0.29, 0.717) is 13.2 Å². The van der Waals surface area contributed by atoms with E-state index >= 15 is 0 Å². The molecule has 0 aromatic rings. The molecular weight excluding hydrogens is 206 g/mol. The highest BCUT2D eigenvalue weighted by Gasteiger charge is 2.37. The van der Waals surface area contributed by atoms with Crippen molar-refractivity contribution in [2.45, 2.75) is 45.1 Å². The molecule has 1 fully saturated rings. The van der Waals surface area contributed by atoms with Crippen molar-refractivity contribution in [3.8, 4) is 0 Å². The molecule has 0 aromatic heterocycles. The van der Waals surface area contributed by atoms with E-state index in [-0.39, 0.29) is 5.97 Å². The molecule has 0 spiro atoms. The summed E-state index contributed by atoms with van der Waals surface area (Å²) in [6.07, 6.45) is 4.09. The molecule has 0 aliphatic carbocycles. The number of hydrogen-bond acceptors (Lipinski definition) is 4. The predicted molar refractivity (Wildman–Crippen MR) is 62.3 cm³/mol. The number of esters is 1. The fourth-order valence-corrected chi connectivity index (χ4v) is 1.77. The molecule has 0 aromatic carbocycles. The fourth-order valence-electron chi connectivity index (χ4n) is 1.77. The molecular formula is C12H23NO3. The monoisotopic (exact) mass is 229 g/mol. The van der Waals surface area contributed by atoms with Crippen LogP contribution in [0.1, 0.15) is 39.5 Å². The molecule has 1 aliphatic rings. The Morgan fingerprint density at radius 1 is 1.38 bits per heavy atom. The van der Waals surface area contributed by atoms with Gasteiger partial charge in [0.1, 0.15) is 12.1 Å². The van der Waals surface area contributed by atoms with E-state index in [0.717, 1.165) is 38.8 Å². The minimum Gasteiger partial charge on any atom is -0.462 e. The van der Waals surface area contributed by atoms with Crippen LogP contribution in [0.15, 0.2) is 0 Å². The van der Waals surface area contributed by atoms with Gasteiger partial charge in [0.15, 0.2) is 0 Å². The summed E-state index contributed by atoms with van der Waals surface area (Å²) < 4.78 is 10.5. The fraction of sp³-hybridized carbons (Fsp3) is 0.917. The minimum atomic E-state index is -0.469. The maximum Gasteiger partial charge on any atom is 0.326 e. The van der Waals surface area contributed by atoms with Gasteiger partial charge in [-0.3, -0.25) is 4.79 Å². The van der Waals surface area contributed by atoms with Gasteiger partial charge in [0, 0.05) is 6.61 Å². The van der Waals surface area contributed by atoms with E-state index < -0.39 is 5.54 Å². The Labute approximate surface area is 97.7 Å². The number of hydrogen-bond donors (Lipinski definition) is 1. The first-order valence-electron chi connectivity index (χ1n) is 6.19. The molecule has 1 heterocycles. The normalized spacial score (nSPS) is 24.6. The zero-order valence-corrected chi connectivity index (χ0v) is 10.4. The summed E-state index contributed by atoms with van der Waals surface area (Å²) in [6.45, 7) is 6.54. The Kier molecular flexibility index (Phi) is 5.77. The standard InChI is InChI=1S/C12H23NO3/c1-3-4-8-15-9-10-16-11(14)12(2)6-5-7-13-12/h13H,3-10H2,1-2H3. The van der Waals surface area contributed by atoms with Gasteiger partial charge in [-0.25, -0.2) is 0 Å². The Morgan fingerprint density at radius 2 is 2.19 bits per heavy atom. The zero-order valence-electron chi connectivity index (χ0n) is 10.4. The maximum absolute atomic E-state index is 11.7. The van der Waals surface area contributed by atoms with E-state index in [9.17, 15) is 4.79 Å². The van der Waals surface area contributed by atoms with E-state index in [1.807, 2.05) is 6.92 Å². The van der Waals surface area contributed by atoms with Crippen molar-refractivity contribution in [1.82, 2.24) is 5.32 Å². The van der Waals surface area contributed by atoms with Crippen LogP contribution in [0.2, 0.25) is 0 Å². The van der Waals surface area contributed by atoms with Gasteiger partial charge >= 0.3 is 5.97 Å².